The fourth-order valence-electron chi connectivity index (χ4n) is 2.85. The number of hydrogen-bond donors (Lipinski definition) is 2. The summed E-state index contributed by atoms with van der Waals surface area (Å²) in [5.74, 6) is 0. The Labute approximate surface area is 106 Å². The van der Waals surface area contributed by atoms with E-state index in [0.29, 0.717) is 11.5 Å². The summed E-state index contributed by atoms with van der Waals surface area (Å²) in [7, 11) is 0. The van der Waals surface area contributed by atoms with Gasteiger partial charge in [0.2, 0.25) is 0 Å². The highest BCUT2D eigenvalue weighted by atomic mass is 16.5. The van der Waals surface area contributed by atoms with Gasteiger partial charge in [-0.2, -0.15) is 0 Å². The molecule has 0 amide bonds. The molecule has 0 aromatic heterocycles. The third kappa shape index (κ3) is 3.94. The van der Waals surface area contributed by atoms with Gasteiger partial charge in [-0.05, 0) is 65.0 Å². The lowest BCUT2D eigenvalue weighted by atomic mass is 9.74. The predicted octanol–water partition coefficient (Wildman–Crippen LogP) is 1.92. The average Bonchev–Trinajstić information content (AvgIpc) is 2.29. The molecular weight excluding hydrogens is 212 g/mol. The summed E-state index contributed by atoms with van der Waals surface area (Å²) in [6.45, 7) is 11.0. The molecule has 17 heavy (non-hydrogen) atoms. The normalized spacial score (nSPS) is 29.5. The minimum Gasteiger partial charge on any atom is -0.376 e. The standard InChI is InChI=1S/C14H28N2O/c1-13(2,3)16-10-12-4-5-14(11-17-12)6-8-15-9-7-14/h12,15-16H,4-11H2,1-3H3. The molecule has 2 aliphatic heterocycles. The van der Waals surface area contributed by atoms with E-state index >= 15 is 0 Å². The van der Waals surface area contributed by atoms with Crippen LogP contribution in [0.5, 0.6) is 0 Å². The highest BCUT2D eigenvalue weighted by Gasteiger charge is 2.37. The van der Waals surface area contributed by atoms with Gasteiger partial charge in [0.05, 0.1) is 12.7 Å². The van der Waals surface area contributed by atoms with Crippen LogP contribution in [0.4, 0.5) is 0 Å². The molecule has 3 nitrogen and oxygen atoms in total. The van der Waals surface area contributed by atoms with E-state index in [1.165, 1.54) is 38.8 Å². The first-order valence-electron chi connectivity index (χ1n) is 7.07. The van der Waals surface area contributed by atoms with Gasteiger partial charge in [0.15, 0.2) is 0 Å². The van der Waals surface area contributed by atoms with Gasteiger partial charge in [0, 0.05) is 12.1 Å². The molecular formula is C14H28N2O. The molecule has 1 spiro atoms. The van der Waals surface area contributed by atoms with Crippen molar-refractivity contribution in [2.75, 3.05) is 26.2 Å². The summed E-state index contributed by atoms with van der Waals surface area (Å²) in [5, 5.41) is 6.99. The largest absolute Gasteiger partial charge is 0.376 e. The zero-order chi connectivity index (χ0) is 12.4. The van der Waals surface area contributed by atoms with Crippen LogP contribution in [0, 0.1) is 5.41 Å². The maximum Gasteiger partial charge on any atom is 0.0700 e. The van der Waals surface area contributed by atoms with Crippen LogP contribution in [0.25, 0.3) is 0 Å². The molecule has 100 valence electrons. The Bertz CT molecular complexity index is 231. The molecule has 2 aliphatic rings. The van der Waals surface area contributed by atoms with Crippen LogP contribution >= 0.6 is 0 Å². The van der Waals surface area contributed by atoms with Crippen LogP contribution in [-0.2, 0) is 4.74 Å². The summed E-state index contributed by atoms with van der Waals surface area (Å²) in [6.07, 6.45) is 5.60. The number of piperidine rings is 1. The van der Waals surface area contributed by atoms with E-state index in [2.05, 4.69) is 31.4 Å². The topological polar surface area (TPSA) is 33.3 Å². The van der Waals surface area contributed by atoms with E-state index in [1.807, 2.05) is 0 Å². The third-order valence-electron chi connectivity index (χ3n) is 4.15. The average molecular weight is 240 g/mol. The number of nitrogens with one attached hydrogen (secondary N) is 2. The molecule has 1 unspecified atom stereocenters. The second kappa shape index (κ2) is 5.25. The smallest absolute Gasteiger partial charge is 0.0700 e. The van der Waals surface area contributed by atoms with E-state index in [0.717, 1.165) is 13.2 Å². The molecule has 2 saturated heterocycles. The Morgan fingerprint density at radius 1 is 1.24 bits per heavy atom. The number of hydrogen-bond acceptors (Lipinski definition) is 3. The molecule has 1 atom stereocenters. The van der Waals surface area contributed by atoms with Crippen LogP contribution < -0.4 is 10.6 Å². The molecule has 0 aromatic carbocycles. The zero-order valence-electron chi connectivity index (χ0n) is 11.6. The molecule has 2 fully saturated rings. The maximum absolute atomic E-state index is 6.08. The van der Waals surface area contributed by atoms with Crippen molar-refractivity contribution in [1.29, 1.82) is 0 Å². The van der Waals surface area contributed by atoms with Crippen molar-refractivity contribution in [1.82, 2.24) is 10.6 Å². The molecule has 0 aromatic rings. The van der Waals surface area contributed by atoms with Gasteiger partial charge in [-0.15, -0.1) is 0 Å². The highest BCUT2D eigenvalue weighted by molar-refractivity contribution is 4.89. The monoisotopic (exact) mass is 240 g/mol. The third-order valence-corrected chi connectivity index (χ3v) is 4.15. The van der Waals surface area contributed by atoms with E-state index in [4.69, 9.17) is 4.74 Å². The van der Waals surface area contributed by atoms with Gasteiger partial charge in [-0.1, -0.05) is 0 Å². The van der Waals surface area contributed by atoms with Crippen LogP contribution in [0.1, 0.15) is 46.5 Å². The summed E-state index contributed by atoms with van der Waals surface area (Å²) in [6, 6.07) is 0. The Hall–Kier alpha value is -0.120. The van der Waals surface area contributed by atoms with Crippen molar-refractivity contribution in [2.24, 2.45) is 5.41 Å². The SMILES string of the molecule is CC(C)(C)NCC1CCC2(CCNCC2)CO1. The van der Waals surface area contributed by atoms with Crippen LogP contribution in [0.3, 0.4) is 0 Å². The summed E-state index contributed by atoms with van der Waals surface area (Å²) in [5.41, 5.74) is 0.705. The van der Waals surface area contributed by atoms with Crippen molar-refractivity contribution in [2.45, 2.75) is 58.1 Å². The van der Waals surface area contributed by atoms with Crippen LogP contribution in [-0.4, -0.2) is 37.9 Å². The summed E-state index contributed by atoms with van der Waals surface area (Å²) >= 11 is 0. The van der Waals surface area contributed by atoms with Gasteiger partial charge >= 0.3 is 0 Å². The molecule has 2 N–H and O–H groups in total. The van der Waals surface area contributed by atoms with E-state index in [9.17, 15) is 0 Å². The summed E-state index contributed by atoms with van der Waals surface area (Å²) in [4.78, 5) is 0. The van der Waals surface area contributed by atoms with Crippen molar-refractivity contribution >= 4 is 0 Å². The van der Waals surface area contributed by atoms with Gasteiger partial charge < -0.3 is 15.4 Å². The molecule has 0 aliphatic carbocycles. The Morgan fingerprint density at radius 3 is 2.47 bits per heavy atom. The lowest BCUT2D eigenvalue weighted by Crippen LogP contribution is -2.48. The maximum atomic E-state index is 6.08. The Kier molecular flexibility index (Phi) is 4.11. The van der Waals surface area contributed by atoms with Gasteiger partial charge in [0.25, 0.3) is 0 Å². The zero-order valence-corrected chi connectivity index (χ0v) is 11.6. The van der Waals surface area contributed by atoms with E-state index in [1.54, 1.807) is 0 Å². The molecule has 3 heteroatoms. The van der Waals surface area contributed by atoms with Gasteiger partial charge in [-0.25, -0.2) is 0 Å². The minimum absolute atomic E-state index is 0.202. The first kappa shape index (κ1) is 13.3. The fourth-order valence-corrected chi connectivity index (χ4v) is 2.85. The number of rotatable bonds is 2. The van der Waals surface area contributed by atoms with E-state index in [-0.39, 0.29) is 5.54 Å². The van der Waals surface area contributed by atoms with E-state index < -0.39 is 0 Å². The molecule has 0 bridgehead atoms. The Balaban J connectivity index is 1.74. The number of ether oxygens (including phenoxy) is 1. The lowest BCUT2D eigenvalue weighted by molar-refractivity contribution is -0.0743. The lowest BCUT2D eigenvalue weighted by Gasteiger charge is -2.43. The quantitative estimate of drug-likeness (QED) is 0.774. The second-order valence-corrected chi connectivity index (χ2v) is 6.85. The highest BCUT2D eigenvalue weighted by Crippen LogP contribution is 2.38. The molecule has 2 rings (SSSR count). The fraction of sp³-hybridized carbons (Fsp3) is 1.00. The minimum atomic E-state index is 0.202. The summed E-state index contributed by atoms with van der Waals surface area (Å²) < 4.78 is 6.08. The molecule has 0 saturated carbocycles. The van der Waals surface area contributed by atoms with Gasteiger partial charge in [-0.3, -0.25) is 0 Å². The van der Waals surface area contributed by atoms with Crippen molar-refractivity contribution < 1.29 is 4.74 Å². The predicted molar refractivity (Wildman–Crippen MR) is 71.3 cm³/mol. The Morgan fingerprint density at radius 2 is 1.94 bits per heavy atom. The first-order chi connectivity index (χ1) is 7.99. The van der Waals surface area contributed by atoms with Crippen LogP contribution in [0.2, 0.25) is 0 Å². The molecule has 2 heterocycles. The first-order valence-corrected chi connectivity index (χ1v) is 7.07. The van der Waals surface area contributed by atoms with Crippen molar-refractivity contribution in [3.63, 3.8) is 0 Å². The van der Waals surface area contributed by atoms with Crippen molar-refractivity contribution in [3.05, 3.63) is 0 Å². The van der Waals surface area contributed by atoms with Gasteiger partial charge in [0.1, 0.15) is 0 Å². The van der Waals surface area contributed by atoms with Crippen molar-refractivity contribution in [3.8, 4) is 0 Å². The van der Waals surface area contributed by atoms with Crippen LogP contribution in [0.15, 0.2) is 0 Å². The molecule has 0 radical (unpaired) electrons. The second-order valence-electron chi connectivity index (χ2n) is 6.85.